The number of anilines is 1. The van der Waals surface area contributed by atoms with Gasteiger partial charge < -0.3 is 30.3 Å². The summed E-state index contributed by atoms with van der Waals surface area (Å²) in [6.45, 7) is 7.76. The van der Waals surface area contributed by atoms with Crippen LogP contribution in [0.1, 0.15) is 97.0 Å². The Hall–Kier alpha value is -4.52. The molecule has 2 aromatic heterocycles. The van der Waals surface area contributed by atoms with E-state index in [0.29, 0.717) is 30.0 Å². The molecular weight excluding hydrogens is 705 g/mol. The van der Waals surface area contributed by atoms with Crippen LogP contribution in [0.25, 0.3) is 22.3 Å². The van der Waals surface area contributed by atoms with Crippen molar-refractivity contribution in [2.24, 2.45) is 5.92 Å². The van der Waals surface area contributed by atoms with Gasteiger partial charge in [-0.05, 0) is 96.8 Å². The molecule has 0 spiro atoms. The maximum absolute atomic E-state index is 14.6. The molecule has 2 aliphatic heterocycles. The number of alkyl carbamates (subject to hydrolysis) is 1. The SMILES string of the molecule is CC(=O)[C@@]12C[C@H]1/C=C\CCCCC[C@H](NC(=O)OC1CCCC1)C(=O)N1C[C@H](Oc3cc(-c4csc(NC(C)C)n4)nc4cc(C)ccc34)C[C@H]1C(=O)N2. The zero-order valence-corrected chi connectivity index (χ0v) is 32.5. The van der Waals surface area contributed by atoms with Crippen LogP contribution in [0.15, 0.2) is 41.8 Å². The van der Waals surface area contributed by atoms with Crippen molar-refractivity contribution >= 4 is 51.1 Å². The lowest BCUT2D eigenvalue weighted by Gasteiger charge is -2.29. The molecular formula is C41H52N6O6S. The van der Waals surface area contributed by atoms with Gasteiger partial charge in [0.15, 0.2) is 10.9 Å². The van der Waals surface area contributed by atoms with Crippen molar-refractivity contribution in [2.75, 3.05) is 11.9 Å². The van der Waals surface area contributed by atoms with E-state index in [9.17, 15) is 19.2 Å². The molecule has 12 nitrogen and oxygen atoms in total. The quantitative estimate of drug-likeness (QED) is 0.210. The van der Waals surface area contributed by atoms with E-state index >= 15 is 0 Å². The summed E-state index contributed by atoms with van der Waals surface area (Å²) in [6.07, 6.45) is 10.9. The largest absolute Gasteiger partial charge is 0.488 e. The third-order valence-corrected chi connectivity index (χ3v) is 11.9. The molecule has 3 N–H and O–H groups in total. The lowest BCUT2D eigenvalue weighted by atomic mass is 10.0. The number of rotatable bonds is 8. The molecule has 2 aliphatic carbocycles. The Morgan fingerprint density at radius 3 is 2.59 bits per heavy atom. The second-order valence-electron chi connectivity index (χ2n) is 15.7. The molecule has 5 atom stereocenters. The highest BCUT2D eigenvalue weighted by Crippen LogP contribution is 2.46. The van der Waals surface area contributed by atoms with Gasteiger partial charge in [-0.2, -0.15) is 0 Å². The average Bonchev–Trinajstić information content (AvgIpc) is 3.55. The van der Waals surface area contributed by atoms with Gasteiger partial charge in [0.2, 0.25) is 11.8 Å². The predicted octanol–water partition coefficient (Wildman–Crippen LogP) is 6.86. The van der Waals surface area contributed by atoms with Gasteiger partial charge in [-0.25, -0.2) is 14.8 Å². The van der Waals surface area contributed by atoms with Crippen LogP contribution >= 0.6 is 11.3 Å². The molecule has 2 saturated carbocycles. The number of hydrogen-bond acceptors (Lipinski definition) is 10. The van der Waals surface area contributed by atoms with Gasteiger partial charge in [0.05, 0.1) is 17.8 Å². The smallest absolute Gasteiger partial charge is 0.408 e. The summed E-state index contributed by atoms with van der Waals surface area (Å²) in [5.41, 5.74) is 2.17. The number of ketones is 1. The van der Waals surface area contributed by atoms with Crippen LogP contribution in [0.2, 0.25) is 0 Å². The standard InChI is InChI=1S/C41H52N6O6S/c1-24(2)42-39-44-34(23-54-39)33-20-36(30-17-16-25(3)18-32(30)43-33)52-29-19-35-37(49)46-41(26(4)48)21-27(41)12-8-6-5-7-9-15-31(38(50)47(35)22-29)45-40(51)53-28-13-10-11-14-28/h8,12,16-18,20,23-24,27-29,31,35H,5-7,9-11,13-15,19,21-22H2,1-4H3,(H,42,44)(H,45,51)(H,46,49)/b12-8-/t27-,29-,31+,35+,41+/m1/s1. The molecule has 3 aromatic rings. The minimum Gasteiger partial charge on any atom is -0.488 e. The van der Waals surface area contributed by atoms with Gasteiger partial charge in [-0.15, -0.1) is 11.3 Å². The van der Waals surface area contributed by atoms with Crippen LogP contribution < -0.4 is 20.7 Å². The summed E-state index contributed by atoms with van der Waals surface area (Å²) in [5.74, 6) is -0.373. The van der Waals surface area contributed by atoms with Gasteiger partial charge in [0, 0.05) is 35.2 Å². The number of aromatic nitrogens is 2. The second kappa shape index (κ2) is 16.1. The van der Waals surface area contributed by atoms with Crippen LogP contribution in [0.3, 0.4) is 0 Å². The van der Waals surface area contributed by atoms with Gasteiger partial charge in [-0.1, -0.05) is 31.1 Å². The molecule has 288 valence electrons. The van der Waals surface area contributed by atoms with Crippen molar-refractivity contribution in [2.45, 2.75) is 134 Å². The molecule has 7 rings (SSSR count). The normalized spacial score (nSPS) is 27.0. The number of hydrogen-bond donors (Lipinski definition) is 3. The van der Waals surface area contributed by atoms with Crippen molar-refractivity contribution in [1.82, 2.24) is 25.5 Å². The van der Waals surface area contributed by atoms with E-state index in [1.54, 1.807) is 4.90 Å². The van der Waals surface area contributed by atoms with Gasteiger partial charge >= 0.3 is 6.09 Å². The number of nitrogens with zero attached hydrogens (tertiary/aromatic N) is 3. The highest BCUT2D eigenvalue weighted by atomic mass is 32.1. The number of nitrogens with one attached hydrogen (secondary N) is 3. The first-order chi connectivity index (χ1) is 26.0. The lowest BCUT2D eigenvalue weighted by molar-refractivity contribution is -0.141. The zero-order valence-electron chi connectivity index (χ0n) is 31.7. The van der Waals surface area contributed by atoms with E-state index in [0.717, 1.165) is 73.0 Å². The van der Waals surface area contributed by atoms with Crippen LogP contribution in [0.4, 0.5) is 9.93 Å². The fourth-order valence-corrected chi connectivity index (χ4v) is 8.95. The van der Waals surface area contributed by atoms with Gasteiger partial charge in [-0.3, -0.25) is 14.4 Å². The van der Waals surface area contributed by atoms with E-state index in [2.05, 4.69) is 35.9 Å². The van der Waals surface area contributed by atoms with E-state index < -0.39 is 35.7 Å². The molecule has 54 heavy (non-hydrogen) atoms. The van der Waals surface area contributed by atoms with Crippen molar-refractivity contribution in [3.63, 3.8) is 0 Å². The van der Waals surface area contributed by atoms with Crippen molar-refractivity contribution in [1.29, 1.82) is 0 Å². The Labute approximate surface area is 320 Å². The zero-order chi connectivity index (χ0) is 38.0. The fourth-order valence-electron chi connectivity index (χ4n) is 8.09. The van der Waals surface area contributed by atoms with Crippen LogP contribution in [-0.4, -0.2) is 81.0 Å². The Morgan fingerprint density at radius 2 is 1.81 bits per heavy atom. The number of Topliss-reactive ketones (excluding diaryl/α,β-unsaturated/α-hetero) is 1. The first-order valence-electron chi connectivity index (χ1n) is 19.6. The number of carbonyl (C=O) groups is 4. The third-order valence-electron chi connectivity index (χ3n) is 11.1. The highest BCUT2D eigenvalue weighted by molar-refractivity contribution is 7.14. The molecule has 0 unspecified atom stereocenters. The fraction of sp³-hybridized carbons (Fsp3) is 0.561. The van der Waals surface area contributed by atoms with Crippen molar-refractivity contribution in [3.8, 4) is 17.1 Å². The Morgan fingerprint density at radius 1 is 1.02 bits per heavy atom. The van der Waals surface area contributed by atoms with Crippen LogP contribution in [0, 0.1) is 12.8 Å². The molecule has 4 aliphatic rings. The summed E-state index contributed by atoms with van der Waals surface area (Å²) < 4.78 is 12.5. The van der Waals surface area contributed by atoms with Crippen molar-refractivity contribution < 1.29 is 28.7 Å². The highest BCUT2D eigenvalue weighted by Gasteiger charge is 2.59. The number of aryl methyl sites for hydroxylation is 1. The Balaban J connectivity index is 1.19. The predicted molar refractivity (Wildman–Crippen MR) is 208 cm³/mol. The molecule has 3 amide bonds. The van der Waals surface area contributed by atoms with Crippen molar-refractivity contribution in [3.05, 3.63) is 47.4 Å². The molecule has 1 saturated heterocycles. The van der Waals surface area contributed by atoms with Gasteiger partial charge in [0.1, 0.15) is 41.3 Å². The summed E-state index contributed by atoms with van der Waals surface area (Å²) in [6, 6.07) is 6.29. The number of thiazole rings is 1. The number of allylic oxidation sites excluding steroid dienone is 1. The monoisotopic (exact) mass is 756 g/mol. The Kier molecular flexibility index (Phi) is 11.2. The summed E-state index contributed by atoms with van der Waals surface area (Å²) in [4.78, 5) is 66.3. The maximum atomic E-state index is 14.6. The lowest BCUT2D eigenvalue weighted by Crippen LogP contribution is -2.56. The third kappa shape index (κ3) is 8.40. The molecule has 13 heteroatoms. The molecule has 3 fully saturated rings. The number of carbonyl (C=O) groups excluding carboxylic acids is 4. The summed E-state index contributed by atoms with van der Waals surface area (Å²) >= 11 is 1.51. The maximum Gasteiger partial charge on any atom is 0.408 e. The van der Waals surface area contributed by atoms with Crippen LogP contribution in [0.5, 0.6) is 5.75 Å². The number of pyridine rings is 1. The summed E-state index contributed by atoms with van der Waals surface area (Å²) in [7, 11) is 0. The first kappa shape index (κ1) is 37.8. The van der Waals surface area contributed by atoms with E-state index in [1.165, 1.54) is 18.3 Å². The second-order valence-corrected chi connectivity index (χ2v) is 16.6. The van der Waals surface area contributed by atoms with Gasteiger partial charge in [0.25, 0.3) is 0 Å². The summed E-state index contributed by atoms with van der Waals surface area (Å²) in [5, 5.41) is 12.9. The minimum atomic E-state index is -0.991. The van der Waals surface area contributed by atoms with Crippen LogP contribution in [-0.2, 0) is 19.1 Å². The van der Waals surface area contributed by atoms with E-state index in [1.807, 2.05) is 42.6 Å². The van der Waals surface area contributed by atoms with E-state index in [4.69, 9.17) is 19.4 Å². The number of amides is 3. The number of ether oxygens (including phenoxy) is 2. The minimum absolute atomic E-state index is 0.0894. The number of benzene rings is 1. The molecule has 1 aromatic carbocycles. The topological polar surface area (TPSA) is 152 Å². The van der Waals surface area contributed by atoms with E-state index in [-0.39, 0.29) is 42.7 Å². The molecule has 4 heterocycles. The Bertz CT molecular complexity index is 1920. The molecule has 0 bridgehead atoms. The molecule has 0 radical (unpaired) electrons. The average molecular weight is 757 g/mol. The first-order valence-corrected chi connectivity index (χ1v) is 20.4. The number of fused-ring (bicyclic) bond motifs is 3.